The molecule has 0 fully saturated rings. The SMILES string of the molecule is N#[N+]c1c(O)c(CCCCCCCN(CCCCCCCc2coc(=O)c([N+]#N)c2O)CCCCCCCc2coc(=O)c([N+]#N)c2O)coc1=O. The Morgan fingerprint density at radius 1 is 0.442 bits per heavy atom. The van der Waals surface area contributed by atoms with Gasteiger partial charge in [-0.15, -0.1) is 0 Å². The van der Waals surface area contributed by atoms with E-state index in [-0.39, 0.29) is 17.2 Å². The third kappa shape index (κ3) is 12.7. The molecular formula is C36H48N7O9+3. The molecule has 3 rings (SSSR count). The molecule has 0 aliphatic rings. The molecule has 3 aromatic rings. The monoisotopic (exact) mass is 722 g/mol. The van der Waals surface area contributed by atoms with Gasteiger partial charge in [0.2, 0.25) is 33.4 Å². The van der Waals surface area contributed by atoms with Crippen LogP contribution in [-0.4, -0.2) is 39.9 Å². The summed E-state index contributed by atoms with van der Waals surface area (Å²) in [6, 6.07) is 0. The van der Waals surface area contributed by atoms with Crippen LogP contribution in [0.4, 0.5) is 17.1 Å². The largest absolute Gasteiger partial charge is 0.510 e. The standard InChI is InChI=1S/C36H45N7O9/c37-40-28-31(44)25(22-50-34(28)47)16-10-4-1-7-13-19-43(20-14-8-2-5-11-17-26-23-51-35(48)29(41-38)32(26)45)21-15-9-3-6-12-18-27-24-52-36(49)30(42-39)33(27)46/h22-24H,1-21H2/p+3. The van der Waals surface area contributed by atoms with Gasteiger partial charge in [0, 0.05) is 16.7 Å². The second kappa shape index (κ2) is 22.3. The van der Waals surface area contributed by atoms with Crippen LogP contribution in [0, 0.1) is 16.2 Å². The molecular weight excluding hydrogens is 674 g/mol. The van der Waals surface area contributed by atoms with Gasteiger partial charge in [-0.25, -0.2) is 14.4 Å². The average Bonchev–Trinajstić information content (AvgIpc) is 3.13. The molecule has 0 aliphatic heterocycles. The van der Waals surface area contributed by atoms with E-state index in [2.05, 4.69) is 19.8 Å². The molecule has 0 amide bonds. The van der Waals surface area contributed by atoms with E-state index in [1.54, 1.807) is 0 Å². The number of hydrogen-bond acceptors (Lipinski definition) is 13. The molecule has 0 atom stereocenters. The third-order valence-electron chi connectivity index (χ3n) is 9.15. The first-order chi connectivity index (χ1) is 25.2. The zero-order chi connectivity index (χ0) is 37.7. The van der Waals surface area contributed by atoms with Crippen molar-refractivity contribution in [3.8, 4) is 17.2 Å². The van der Waals surface area contributed by atoms with Crippen molar-refractivity contribution in [1.82, 2.24) is 4.90 Å². The number of unbranched alkanes of at least 4 members (excludes halogenated alkanes) is 12. The molecule has 0 unspecified atom stereocenters. The van der Waals surface area contributed by atoms with Crippen molar-refractivity contribution in [2.45, 2.75) is 116 Å². The summed E-state index contributed by atoms with van der Waals surface area (Å²) < 4.78 is 14.5. The highest BCUT2D eigenvalue weighted by atomic mass is 16.4. The molecule has 16 heteroatoms. The molecule has 16 nitrogen and oxygen atoms in total. The maximum Gasteiger partial charge on any atom is 0.510 e. The van der Waals surface area contributed by atoms with E-state index in [0.29, 0.717) is 36.0 Å². The van der Waals surface area contributed by atoms with Crippen LogP contribution in [0.15, 0.2) is 46.4 Å². The highest BCUT2D eigenvalue weighted by Crippen LogP contribution is 2.30. The fourth-order valence-electron chi connectivity index (χ4n) is 6.13. The van der Waals surface area contributed by atoms with Crippen LogP contribution in [0.5, 0.6) is 17.2 Å². The lowest BCUT2D eigenvalue weighted by Crippen LogP contribution is -2.27. The summed E-state index contributed by atoms with van der Waals surface area (Å²) in [5.41, 5.74) is -2.78. The first-order valence-electron chi connectivity index (χ1n) is 18.0. The lowest BCUT2D eigenvalue weighted by Gasteiger charge is -2.22. The Kier molecular flexibility index (Phi) is 17.6. The Hall–Kier alpha value is -5.53. The normalized spacial score (nSPS) is 11.0. The van der Waals surface area contributed by atoms with Gasteiger partial charge in [0.1, 0.15) is 18.8 Å². The smallest absolute Gasteiger partial charge is 0.501 e. The first-order valence-corrected chi connectivity index (χ1v) is 18.0. The number of nitrogens with zero attached hydrogens (tertiary/aromatic N) is 7. The summed E-state index contributed by atoms with van der Waals surface area (Å²) in [6.45, 7) is 2.96. The number of rotatable bonds is 24. The molecule has 278 valence electrons. The van der Waals surface area contributed by atoms with Gasteiger partial charge in [0.15, 0.2) is 14.9 Å². The zero-order valence-corrected chi connectivity index (χ0v) is 29.5. The summed E-state index contributed by atoms with van der Waals surface area (Å²) in [4.78, 5) is 45.5. The van der Waals surface area contributed by atoms with Crippen LogP contribution in [0.3, 0.4) is 0 Å². The highest BCUT2D eigenvalue weighted by Gasteiger charge is 2.26. The predicted octanol–water partition coefficient (Wildman–Crippen LogP) is 8.30. The topological polar surface area (TPSA) is 239 Å². The van der Waals surface area contributed by atoms with Gasteiger partial charge in [0.25, 0.3) is 0 Å². The third-order valence-corrected chi connectivity index (χ3v) is 9.15. The molecule has 0 aromatic carbocycles. The summed E-state index contributed by atoms with van der Waals surface area (Å²) >= 11 is 0. The number of diazo groups is 3. The van der Waals surface area contributed by atoms with Gasteiger partial charge < -0.3 is 33.5 Å². The van der Waals surface area contributed by atoms with Gasteiger partial charge in [-0.1, -0.05) is 57.8 Å². The Morgan fingerprint density at radius 3 is 0.962 bits per heavy atom. The van der Waals surface area contributed by atoms with E-state index in [9.17, 15) is 29.7 Å². The lowest BCUT2D eigenvalue weighted by molar-refractivity contribution is 0.254. The molecule has 3 heterocycles. The number of hydrogen-bond donors (Lipinski definition) is 3. The van der Waals surface area contributed by atoms with Crippen LogP contribution < -0.4 is 16.9 Å². The molecule has 0 radical (unpaired) electrons. The van der Waals surface area contributed by atoms with Crippen molar-refractivity contribution in [2.75, 3.05) is 19.6 Å². The minimum Gasteiger partial charge on any atom is -0.501 e. The van der Waals surface area contributed by atoms with E-state index < -0.39 is 33.9 Å². The van der Waals surface area contributed by atoms with Crippen LogP contribution >= 0.6 is 0 Å². The van der Waals surface area contributed by atoms with E-state index in [1.165, 1.54) is 18.8 Å². The predicted molar refractivity (Wildman–Crippen MR) is 191 cm³/mol. The van der Waals surface area contributed by atoms with Crippen molar-refractivity contribution in [3.63, 3.8) is 0 Å². The number of aromatic hydroxyl groups is 3. The summed E-state index contributed by atoms with van der Waals surface area (Å²) in [5.74, 6) is -1.02. The van der Waals surface area contributed by atoms with E-state index in [0.717, 1.165) is 116 Å². The van der Waals surface area contributed by atoms with Gasteiger partial charge in [-0.05, 0) is 77.4 Å². The van der Waals surface area contributed by atoms with Crippen molar-refractivity contribution < 1.29 is 28.6 Å². The van der Waals surface area contributed by atoms with Crippen molar-refractivity contribution >= 4 is 17.1 Å². The van der Waals surface area contributed by atoms with Gasteiger partial charge in [0.05, 0.1) is 0 Å². The van der Waals surface area contributed by atoms with Crippen LogP contribution in [0.25, 0.3) is 14.9 Å². The molecule has 0 saturated heterocycles. The van der Waals surface area contributed by atoms with E-state index in [4.69, 9.17) is 29.4 Å². The van der Waals surface area contributed by atoms with E-state index >= 15 is 0 Å². The average molecular weight is 723 g/mol. The first kappa shape index (κ1) is 40.9. The van der Waals surface area contributed by atoms with Crippen LogP contribution in [-0.2, 0) is 19.3 Å². The Labute approximate surface area is 300 Å². The molecule has 0 spiro atoms. The second-order valence-corrected chi connectivity index (χ2v) is 12.9. The minimum atomic E-state index is -0.888. The Balaban J connectivity index is 1.37. The fraction of sp³-hybridized carbons (Fsp3) is 0.583. The fourth-order valence-corrected chi connectivity index (χ4v) is 6.13. The highest BCUT2D eigenvalue weighted by molar-refractivity contribution is 5.58. The van der Waals surface area contributed by atoms with Crippen molar-refractivity contribution in [3.05, 3.63) is 81.7 Å². The molecule has 0 bridgehead atoms. The molecule has 0 aliphatic carbocycles. The van der Waals surface area contributed by atoms with E-state index in [1.807, 2.05) is 0 Å². The minimum absolute atomic E-state index is 0.342. The summed E-state index contributed by atoms with van der Waals surface area (Å²) in [7, 11) is 0. The quantitative estimate of drug-likeness (QED) is 0.0583. The molecule has 3 aromatic heterocycles. The van der Waals surface area contributed by atoms with Gasteiger partial charge in [-0.2, -0.15) is 0 Å². The maximum atomic E-state index is 11.5. The molecule has 3 N–H and O–H groups in total. The maximum absolute atomic E-state index is 11.5. The zero-order valence-electron chi connectivity index (χ0n) is 29.5. The second-order valence-electron chi connectivity index (χ2n) is 12.9. The van der Waals surface area contributed by atoms with Gasteiger partial charge >= 0.3 is 33.9 Å². The van der Waals surface area contributed by atoms with Crippen LogP contribution in [0.2, 0.25) is 0 Å². The van der Waals surface area contributed by atoms with Crippen molar-refractivity contribution in [2.24, 2.45) is 0 Å². The Morgan fingerprint density at radius 2 is 0.692 bits per heavy atom. The van der Waals surface area contributed by atoms with Gasteiger partial charge in [-0.3, -0.25) is 0 Å². The molecule has 52 heavy (non-hydrogen) atoms. The Bertz CT molecular complexity index is 1680. The van der Waals surface area contributed by atoms with Crippen molar-refractivity contribution in [1.29, 1.82) is 16.2 Å². The summed E-state index contributed by atoms with van der Waals surface area (Å²) in [5, 5.41) is 57.1. The summed E-state index contributed by atoms with van der Waals surface area (Å²) in [6.07, 6.45) is 19.7. The lowest BCUT2D eigenvalue weighted by atomic mass is 10.0. The van der Waals surface area contributed by atoms with Crippen LogP contribution in [0.1, 0.15) is 113 Å². The molecule has 0 saturated carbocycles. The number of aryl methyl sites for hydroxylation is 3.